The van der Waals surface area contributed by atoms with E-state index in [-0.39, 0.29) is 17.2 Å². The number of carbonyl (C=O) groups is 2. The van der Waals surface area contributed by atoms with E-state index >= 15 is 0 Å². The monoisotopic (exact) mass is 371 g/mol. The van der Waals surface area contributed by atoms with Gasteiger partial charge in [-0.3, -0.25) is 4.79 Å². The van der Waals surface area contributed by atoms with Crippen molar-refractivity contribution in [2.45, 2.75) is 11.8 Å². The zero-order chi connectivity index (χ0) is 19.6. The van der Waals surface area contributed by atoms with Crippen molar-refractivity contribution in [1.82, 2.24) is 0 Å². The Balaban J connectivity index is 1.57. The van der Waals surface area contributed by atoms with E-state index in [4.69, 9.17) is 4.74 Å². The molecular weight excluding hydrogens is 350 g/mol. The summed E-state index contributed by atoms with van der Waals surface area (Å²) in [6, 6.07) is 27.1. The van der Waals surface area contributed by atoms with Crippen molar-refractivity contribution in [2.75, 3.05) is 12.4 Å². The summed E-state index contributed by atoms with van der Waals surface area (Å²) in [7, 11) is 1.35. The van der Waals surface area contributed by atoms with Crippen LogP contribution in [0.1, 0.15) is 27.9 Å². The van der Waals surface area contributed by atoms with Gasteiger partial charge < -0.3 is 10.1 Å². The van der Waals surface area contributed by atoms with E-state index in [1.807, 2.05) is 36.4 Å². The van der Waals surface area contributed by atoms with Crippen molar-refractivity contribution in [2.24, 2.45) is 5.92 Å². The Morgan fingerprint density at radius 2 is 1.39 bits per heavy atom. The SMILES string of the molecule is COC(=O)c1ccc(NC(=O)C2CC2(c2ccccc2)c2ccccc2)cc1. The van der Waals surface area contributed by atoms with Gasteiger partial charge in [-0.05, 0) is 41.8 Å². The van der Waals surface area contributed by atoms with Crippen LogP contribution in [0.3, 0.4) is 0 Å². The summed E-state index contributed by atoms with van der Waals surface area (Å²) in [4.78, 5) is 24.6. The third-order valence-electron chi connectivity index (χ3n) is 5.43. The summed E-state index contributed by atoms with van der Waals surface area (Å²) in [6.45, 7) is 0. The lowest BCUT2D eigenvalue weighted by molar-refractivity contribution is -0.117. The van der Waals surface area contributed by atoms with Crippen LogP contribution >= 0.6 is 0 Å². The van der Waals surface area contributed by atoms with Gasteiger partial charge in [0.15, 0.2) is 0 Å². The van der Waals surface area contributed by atoms with E-state index in [1.165, 1.54) is 7.11 Å². The van der Waals surface area contributed by atoms with Crippen LogP contribution in [0.2, 0.25) is 0 Å². The Labute approximate surface area is 164 Å². The Hall–Kier alpha value is -3.40. The zero-order valence-electron chi connectivity index (χ0n) is 15.6. The quantitative estimate of drug-likeness (QED) is 0.676. The highest BCUT2D eigenvalue weighted by molar-refractivity contribution is 5.97. The van der Waals surface area contributed by atoms with Crippen molar-refractivity contribution < 1.29 is 14.3 Å². The lowest BCUT2D eigenvalue weighted by Gasteiger charge is -2.19. The van der Waals surface area contributed by atoms with E-state index in [2.05, 4.69) is 29.6 Å². The van der Waals surface area contributed by atoms with Gasteiger partial charge in [0, 0.05) is 11.1 Å². The average Bonchev–Trinajstić information content (AvgIpc) is 3.52. The number of nitrogens with one attached hydrogen (secondary N) is 1. The van der Waals surface area contributed by atoms with E-state index in [0.29, 0.717) is 11.3 Å². The van der Waals surface area contributed by atoms with Crippen LogP contribution in [0.5, 0.6) is 0 Å². The maximum Gasteiger partial charge on any atom is 0.337 e. The van der Waals surface area contributed by atoms with Gasteiger partial charge in [-0.2, -0.15) is 0 Å². The molecule has 4 rings (SSSR count). The molecule has 28 heavy (non-hydrogen) atoms. The number of hydrogen-bond acceptors (Lipinski definition) is 3. The largest absolute Gasteiger partial charge is 0.465 e. The third-order valence-corrected chi connectivity index (χ3v) is 5.43. The minimum atomic E-state index is -0.396. The van der Waals surface area contributed by atoms with Crippen molar-refractivity contribution in [3.63, 3.8) is 0 Å². The number of anilines is 1. The molecule has 1 amide bonds. The third kappa shape index (κ3) is 3.18. The Morgan fingerprint density at radius 3 is 1.89 bits per heavy atom. The first-order valence-electron chi connectivity index (χ1n) is 9.25. The van der Waals surface area contributed by atoms with Crippen LogP contribution in [0.4, 0.5) is 5.69 Å². The molecule has 1 atom stereocenters. The van der Waals surface area contributed by atoms with Crippen LogP contribution in [-0.2, 0) is 14.9 Å². The highest BCUT2D eigenvalue weighted by Crippen LogP contribution is 2.59. The molecule has 0 saturated heterocycles. The molecule has 4 heteroatoms. The number of esters is 1. The maximum absolute atomic E-state index is 13.0. The summed E-state index contributed by atoms with van der Waals surface area (Å²) in [5, 5.41) is 2.99. The number of hydrogen-bond donors (Lipinski definition) is 1. The van der Waals surface area contributed by atoms with Crippen molar-refractivity contribution in [3.8, 4) is 0 Å². The molecule has 1 aliphatic rings. The molecule has 0 aromatic heterocycles. The molecule has 3 aromatic rings. The van der Waals surface area contributed by atoms with Gasteiger partial charge in [0.25, 0.3) is 0 Å². The first kappa shape index (κ1) is 18.0. The maximum atomic E-state index is 13.0. The Kier molecular flexibility index (Phi) is 4.70. The molecule has 0 spiro atoms. The fourth-order valence-electron chi connectivity index (χ4n) is 3.89. The zero-order valence-corrected chi connectivity index (χ0v) is 15.6. The van der Waals surface area contributed by atoms with Gasteiger partial charge in [-0.1, -0.05) is 60.7 Å². The van der Waals surface area contributed by atoms with E-state index in [1.54, 1.807) is 24.3 Å². The van der Waals surface area contributed by atoms with Gasteiger partial charge in [0.05, 0.1) is 18.6 Å². The van der Waals surface area contributed by atoms with Crippen LogP contribution in [0.15, 0.2) is 84.9 Å². The number of methoxy groups -OCH3 is 1. The Morgan fingerprint density at radius 1 is 0.857 bits per heavy atom. The topological polar surface area (TPSA) is 55.4 Å². The number of ether oxygens (including phenoxy) is 1. The molecule has 1 unspecified atom stereocenters. The highest BCUT2D eigenvalue weighted by Gasteiger charge is 2.60. The predicted octanol–water partition coefficient (Wildman–Crippen LogP) is 4.42. The van der Waals surface area contributed by atoms with E-state index < -0.39 is 5.97 Å². The van der Waals surface area contributed by atoms with Gasteiger partial charge in [0.2, 0.25) is 5.91 Å². The van der Waals surface area contributed by atoms with Crippen LogP contribution in [-0.4, -0.2) is 19.0 Å². The molecule has 1 N–H and O–H groups in total. The predicted molar refractivity (Wildman–Crippen MR) is 108 cm³/mol. The lowest BCUT2D eigenvalue weighted by atomic mass is 9.85. The smallest absolute Gasteiger partial charge is 0.337 e. The molecule has 3 aromatic carbocycles. The summed E-state index contributed by atoms with van der Waals surface area (Å²) in [6.07, 6.45) is 0.771. The van der Waals surface area contributed by atoms with Crippen molar-refractivity contribution >= 4 is 17.6 Å². The van der Waals surface area contributed by atoms with Gasteiger partial charge >= 0.3 is 5.97 Å². The summed E-state index contributed by atoms with van der Waals surface area (Å²) >= 11 is 0. The highest BCUT2D eigenvalue weighted by atomic mass is 16.5. The van der Waals surface area contributed by atoms with Crippen LogP contribution in [0, 0.1) is 5.92 Å². The molecular formula is C24H21NO3. The molecule has 1 fully saturated rings. The van der Waals surface area contributed by atoms with Crippen LogP contribution < -0.4 is 5.32 Å². The molecule has 0 radical (unpaired) electrons. The van der Waals surface area contributed by atoms with Gasteiger partial charge in [-0.25, -0.2) is 4.79 Å². The minimum Gasteiger partial charge on any atom is -0.465 e. The molecule has 4 nitrogen and oxygen atoms in total. The van der Waals surface area contributed by atoms with Crippen LogP contribution in [0.25, 0.3) is 0 Å². The average molecular weight is 371 g/mol. The fraction of sp³-hybridized carbons (Fsp3) is 0.167. The second kappa shape index (κ2) is 7.31. The lowest BCUT2D eigenvalue weighted by Crippen LogP contribution is -2.22. The fourth-order valence-corrected chi connectivity index (χ4v) is 3.89. The van der Waals surface area contributed by atoms with Crippen molar-refractivity contribution in [3.05, 3.63) is 102 Å². The number of benzene rings is 3. The second-order valence-corrected chi connectivity index (χ2v) is 7.02. The number of carbonyl (C=O) groups excluding carboxylic acids is 2. The minimum absolute atomic E-state index is 0.0153. The second-order valence-electron chi connectivity index (χ2n) is 7.02. The van der Waals surface area contributed by atoms with E-state index in [0.717, 1.165) is 17.5 Å². The number of rotatable bonds is 5. The molecule has 0 heterocycles. The summed E-state index contributed by atoms with van der Waals surface area (Å²) < 4.78 is 4.70. The normalized spacial score (nSPS) is 16.8. The first-order chi connectivity index (χ1) is 13.6. The summed E-state index contributed by atoms with van der Waals surface area (Å²) in [5.74, 6) is -0.552. The molecule has 1 aliphatic carbocycles. The van der Waals surface area contributed by atoms with E-state index in [9.17, 15) is 9.59 Å². The van der Waals surface area contributed by atoms with Gasteiger partial charge in [0.1, 0.15) is 0 Å². The molecule has 0 aliphatic heterocycles. The molecule has 140 valence electrons. The summed E-state index contributed by atoms with van der Waals surface area (Å²) in [5.41, 5.74) is 3.14. The first-order valence-corrected chi connectivity index (χ1v) is 9.25. The Bertz CT molecular complexity index is 942. The number of amides is 1. The molecule has 0 bridgehead atoms. The molecule has 1 saturated carbocycles. The van der Waals surface area contributed by atoms with Crippen molar-refractivity contribution in [1.29, 1.82) is 0 Å². The van der Waals surface area contributed by atoms with Gasteiger partial charge in [-0.15, -0.1) is 0 Å². The standard InChI is InChI=1S/C24H21NO3/c1-28-23(27)17-12-14-20(15-13-17)25-22(26)21-16-24(21,18-8-4-2-5-9-18)19-10-6-3-7-11-19/h2-15,21H,16H2,1H3,(H,25,26).